The average molecular weight is 371 g/mol. The summed E-state index contributed by atoms with van der Waals surface area (Å²) >= 11 is 3.15. The number of anilines is 1. The standard InChI is InChI=1S/C14H9BrF2N2O3/c15-9-3-8(5-18-6-9)14(21)22-7-13(20)19-12-2-1-10(16)4-11(12)17/h1-6H,7H2,(H,19,20). The van der Waals surface area contributed by atoms with Crippen LogP contribution in [0.4, 0.5) is 14.5 Å². The second-order valence-electron chi connectivity index (χ2n) is 4.14. The van der Waals surface area contributed by atoms with Crippen molar-refractivity contribution in [2.45, 2.75) is 0 Å². The molecule has 1 N–H and O–H groups in total. The van der Waals surface area contributed by atoms with E-state index < -0.39 is 30.1 Å². The Hall–Kier alpha value is -2.35. The van der Waals surface area contributed by atoms with Crippen LogP contribution in [0.25, 0.3) is 0 Å². The first kappa shape index (κ1) is 16.0. The topological polar surface area (TPSA) is 68.3 Å². The van der Waals surface area contributed by atoms with Gasteiger partial charge in [-0.1, -0.05) is 0 Å². The Balaban J connectivity index is 1.91. The minimum Gasteiger partial charge on any atom is -0.452 e. The molecule has 2 rings (SSSR count). The highest BCUT2D eigenvalue weighted by Gasteiger charge is 2.12. The number of nitrogens with one attached hydrogen (secondary N) is 1. The number of aromatic nitrogens is 1. The molecular formula is C14H9BrF2N2O3. The molecule has 5 nitrogen and oxygen atoms in total. The van der Waals surface area contributed by atoms with Gasteiger partial charge in [0.1, 0.15) is 11.6 Å². The molecule has 8 heteroatoms. The minimum atomic E-state index is -0.920. The lowest BCUT2D eigenvalue weighted by Crippen LogP contribution is -2.21. The third kappa shape index (κ3) is 4.32. The number of hydrogen-bond acceptors (Lipinski definition) is 4. The van der Waals surface area contributed by atoms with Crippen molar-refractivity contribution < 1.29 is 23.1 Å². The quantitative estimate of drug-likeness (QED) is 0.840. The monoisotopic (exact) mass is 370 g/mol. The maximum atomic E-state index is 13.3. The highest BCUT2D eigenvalue weighted by molar-refractivity contribution is 9.10. The van der Waals surface area contributed by atoms with Crippen LogP contribution in [0.5, 0.6) is 0 Å². The molecule has 22 heavy (non-hydrogen) atoms. The van der Waals surface area contributed by atoms with Crippen LogP contribution >= 0.6 is 15.9 Å². The van der Waals surface area contributed by atoms with E-state index in [1.54, 1.807) is 0 Å². The van der Waals surface area contributed by atoms with Crippen molar-refractivity contribution >= 4 is 33.5 Å². The molecule has 0 saturated carbocycles. The van der Waals surface area contributed by atoms with Gasteiger partial charge in [-0.3, -0.25) is 9.78 Å². The molecule has 1 aromatic carbocycles. The number of amides is 1. The van der Waals surface area contributed by atoms with E-state index in [0.717, 1.165) is 12.1 Å². The molecule has 0 bridgehead atoms. The van der Waals surface area contributed by atoms with Gasteiger partial charge >= 0.3 is 5.97 Å². The summed E-state index contributed by atoms with van der Waals surface area (Å²) in [6.07, 6.45) is 2.77. The third-order valence-corrected chi connectivity index (χ3v) is 2.91. The van der Waals surface area contributed by atoms with Crippen LogP contribution in [0.3, 0.4) is 0 Å². The first-order valence-corrected chi connectivity index (χ1v) is 6.77. The number of carbonyl (C=O) groups is 2. The Labute approximate surface area is 132 Å². The zero-order valence-corrected chi connectivity index (χ0v) is 12.6. The van der Waals surface area contributed by atoms with E-state index in [4.69, 9.17) is 4.74 Å². The van der Waals surface area contributed by atoms with Crippen LogP contribution in [0.1, 0.15) is 10.4 Å². The first-order chi connectivity index (χ1) is 10.5. The number of rotatable bonds is 4. The Kier molecular flexibility index (Phi) is 5.16. The van der Waals surface area contributed by atoms with Gasteiger partial charge < -0.3 is 10.1 Å². The summed E-state index contributed by atoms with van der Waals surface area (Å²) in [5.74, 6) is -3.18. The minimum absolute atomic E-state index is 0.162. The van der Waals surface area contributed by atoms with Crippen molar-refractivity contribution in [2.75, 3.05) is 11.9 Å². The van der Waals surface area contributed by atoms with E-state index in [1.165, 1.54) is 18.5 Å². The summed E-state index contributed by atoms with van der Waals surface area (Å²) in [7, 11) is 0. The lowest BCUT2D eigenvalue weighted by Gasteiger charge is -2.07. The SMILES string of the molecule is O=C(COC(=O)c1cncc(Br)c1)Nc1ccc(F)cc1F. The molecule has 0 aliphatic rings. The van der Waals surface area contributed by atoms with Gasteiger partial charge in [-0.05, 0) is 34.1 Å². The molecule has 1 heterocycles. The fraction of sp³-hybridized carbons (Fsp3) is 0.0714. The van der Waals surface area contributed by atoms with E-state index in [9.17, 15) is 18.4 Å². The maximum absolute atomic E-state index is 13.3. The molecule has 0 unspecified atom stereocenters. The Morgan fingerprint density at radius 2 is 2.00 bits per heavy atom. The largest absolute Gasteiger partial charge is 0.452 e. The predicted octanol–water partition coefficient (Wildman–Crippen LogP) is 2.92. The van der Waals surface area contributed by atoms with Gasteiger partial charge in [0.05, 0.1) is 11.3 Å². The number of nitrogens with zero attached hydrogens (tertiary/aromatic N) is 1. The second-order valence-corrected chi connectivity index (χ2v) is 5.06. The smallest absolute Gasteiger partial charge is 0.340 e. The average Bonchev–Trinajstić information content (AvgIpc) is 2.47. The van der Waals surface area contributed by atoms with Crippen molar-refractivity contribution in [2.24, 2.45) is 0 Å². The summed E-state index contributed by atoms with van der Waals surface area (Å²) < 4.78 is 31.4. The fourth-order valence-electron chi connectivity index (χ4n) is 1.52. The van der Waals surface area contributed by atoms with Crippen molar-refractivity contribution in [1.82, 2.24) is 4.98 Å². The van der Waals surface area contributed by atoms with E-state index in [-0.39, 0.29) is 11.3 Å². The molecular weight excluding hydrogens is 362 g/mol. The lowest BCUT2D eigenvalue weighted by atomic mass is 10.3. The van der Waals surface area contributed by atoms with Crippen molar-refractivity contribution in [3.8, 4) is 0 Å². The van der Waals surface area contributed by atoms with E-state index in [2.05, 4.69) is 26.2 Å². The summed E-state index contributed by atoms with van der Waals surface area (Å²) in [5, 5.41) is 2.17. The molecule has 0 aliphatic carbocycles. The summed E-state index contributed by atoms with van der Waals surface area (Å²) in [6.45, 7) is -0.609. The molecule has 0 aliphatic heterocycles. The zero-order valence-electron chi connectivity index (χ0n) is 11.0. The lowest BCUT2D eigenvalue weighted by molar-refractivity contribution is -0.119. The first-order valence-electron chi connectivity index (χ1n) is 5.98. The summed E-state index contributed by atoms with van der Waals surface area (Å²) in [6, 6.07) is 4.18. The Morgan fingerprint density at radius 3 is 2.68 bits per heavy atom. The van der Waals surface area contributed by atoms with Crippen LogP contribution < -0.4 is 5.32 Å². The molecule has 0 radical (unpaired) electrons. The second kappa shape index (κ2) is 7.08. The van der Waals surface area contributed by atoms with Crippen LogP contribution in [0.2, 0.25) is 0 Å². The van der Waals surface area contributed by atoms with Crippen LogP contribution in [-0.2, 0) is 9.53 Å². The van der Waals surface area contributed by atoms with Crippen molar-refractivity contribution in [3.05, 3.63) is 58.3 Å². The van der Waals surface area contributed by atoms with Crippen LogP contribution in [-0.4, -0.2) is 23.5 Å². The number of carbonyl (C=O) groups excluding carboxylic acids is 2. The number of halogens is 3. The van der Waals surface area contributed by atoms with Crippen molar-refractivity contribution in [3.63, 3.8) is 0 Å². The molecule has 2 aromatic rings. The van der Waals surface area contributed by atoms with Crippen LogP contribution in [0, 0.1) is 11.6 Å². The van der Waals surface area contributed by atoms with Gasteiger partial charge in [0.15, 0.2) is 6.61 Å². The maximum Gasteiger partial charge on any atom is 0.340 e. The number of benzene rings is 1. The fourth-order valence-corrected chi connectivity index (χ4v) is 1.88. The number of pyridine rings is 1. The molecule has 0 spiro atoms. The van der Waals surface area contributed by atoms with Gasteiger partial charge in [0.2, 0.25) is 0 Å². The third-order valence-electron chi connectivity index (χ3n) is 2.48. The van der Waals surface area contributed by atoms with E-state index in [0.29, 0.717) is 10.5 Å². The van der Waals surface area contributed by atoms with Crippen molar-refractivity contribution in [1.29, 1.82) is 0 Å². The summed E-state index contributed by atoms with van der Waals surface area (Å²) in [5.41, 5.74) is -0.0401. The highest BCUT2D eigenvalue weighted by atomic mass is 79.9. The molecule has 114 valence electrons. The van der Waals surface area contributed by atoms with Gasteiger partial charge in [-0.15, -0.1) is 0 Å². The summed E-state index contributed by atoms with van der Waals surface area (Å²) in [4.78, 5) is 27.0. The molecule has 0 atom stereocenters. The van der Waals surface area contributed by atoms with Gasteiger partial charge in [-0.2, -0.15) is 0 Å². The molecule has 1 amide bonds. The Morgan fingerprint density at radius 1 is 1.23 bits per heavy atom. The van der Waals surface area contributed by atoms with E-state index >= 15 is 0 Å². The van der Waals surface area contributed by atoms with Gasteiger partial charge in [-0.25, -0.2) is 13.6 Å². The predicted molar refractivity (Wildman–Crippen MR) is 77.2 cm³/mol. The number of ether oxygens (including phenoxy) is 1. The van der Waals surface area contributed by atoms with Gasteiger partial charge in [0, 0.05) is 22.9 Å². The van der Waals surface area contributed by atoms with E-state index in [1.807, 2.05) is 0 Å². The molecule has 0 saturated heterocycles. The normalized spacial score (nSPS) is 10.1. The molecule has 0 fully saturated rings. The molecule has 1 aromatic heterocycles. The Bertz CT molecular complexity index is 725. The van der Waals surface area contributed by atoms with Gasteiger partial charge in [0.25, 0.3) is 5.91 Å². The van der Waals surface area contributed by atoms with Crippen LogP contribution in [0.15, 0.2) is 41.1 Å². The highest BCUT2D eigenvalue weighted by Crippen LogP contribution is 2.15. The zero-order chi connectivity index (χ0) is 16.1. The number of hydrogen-bond donors (Lipinski definition) is 1. The number of esters is 1.